The lowest BCUT2D eigenvalue weighted by Crippen LogP contribution is -2.14. The Morgan fingerprint density at radius 3 is 2.57 bits per heavy atom. The van der Waals surface area contributed by atoms with E-state index < -0.39 is 10.8 Å². The smallest absolute Gasteiger partial charge is 0.271 e. The number of nitriles is 1. The fourth-order valence-electron chi connectivity index (χ4n) is 2.58. The number of amides is 1. The van der Waals surface area contributed by atoms with Gasteiger partial charge < -0.3 is 14.8 Å². The average molecular weight is 474 g/mol. The summed E-state index contributed by atoms with van der Waals surface area (Å²) in [5, 5.41) is 23.0. The van der Waals surface area contributed by atoms with Gasteiger partial charge in [-0.2, -0.15) is 5.26 Å². The molecule has 1 amide bonds. The summed E-state index contributed by atoms with van der Waals surface area (Å²) < 4.78 is 11.8. The molecule has 1 N–H and O–H groups in total. The molecular formula is C21H20BrN3O5. The highest BCUT2D eigenvalue weighted by atomic mass is 79.9. The van der Waals surface area contributed by atoms with Crippen LogP contribution in [0.25, 0.3) is 6.08 Å². The summed E-state index contributed by atoms with van der Waals surface area (Å²) in [5.74, 6) is 0.336. The Labute approximate surface area is 182 Å². The molecule has 0 radical (unpaired) electrons. The van der Waals surface area contributed by atoms with Crippen molar-refractivity contribution in [1.82, 2.24) is 0 Å². The van der Waals surface area contributed by atoms with Crippen molar-refractivity contribution in [2.45, 2.75) is 20.8 Å². The van der Waals surface area contributed by atoms with Gasteiger partial charge >= 0.3 is 0 Å². The Morgan fingerprint density at radius 2 is 1.97 bits per heavy atom. The first-order valence-electron chi connectivity index (χ1n) is 9.08. The van der Waals surface area contributed by atoms with Gasteiger partial charge in [0, 0.05) is 12.1 Å². The van der Waals surface area contributed by atoms with Crippen LogP contribution in [0.3, 0.4) is 0 Å². The number of nitro groups is 1. The molecule has 0 aromatic heterocycles. The molecule has 2 aromatic carbocycles. The van der Waals surface area contributed by atoms with Crippen LogP contribution in [0.5, 0.6) is 11.5 Å². The number of hydrogen-bond donors (Lipinski definition) is 1. The van der Waals surface area contributed by atoms with E-state index in [0.717, 1.165) is 0 Å². The molecule has 0 spiro atoms. The minimum Gasteiger partial charge on any atom is -0.490 e. The molecule has 0 unspecified atom stereocenters. The quantitative estimate of drug-likeness (QED) is 0.249. The van der Waals surface area contributed by atoms with Gasteiger partial charge in [0.2, 0.25) is 0 Å². The summed E-state index contributed by atoms with van der Waals surface area (Å²) in [6, 6.07) is 9.37. The van der Waals surface area contributed by atoms with Crippen LogP contribution in [0.4, 0.5) is 11.4 Å². The van der Waals surface area contributed by atoms with Crippen LogP contribution in [-0.4, -0.2) is 24.0 Å². The summed E-state index contributed by atoms with van der Waals surface area (Å²) in [5.41, 5.74) is 1.12. The van der Waals surface area contributed by atoms with E-state index in [1.54, 1.807) is 19.1 Å². The van der Waals surface area contributed by atoms with Gasteiger partial charge in [0.25, 0.3) is 11.6 Å². The Kier molecular flexibility index (Phi) is 7.95. The zero-order chi connectivity index (χ0) is 22.3. The fraction of sp³-hybridized carbons (Fsp3) is 0.238. The summed E-state index contributed by atoms with van der Waals surface area (Å²) in [6.07, 6.45) is 1.41. The summed E-state index contributed by atoms with van der Waals surface area (Å²) >= 11 is 3.42. The van der Waals surface area contributed by atoms with Crippen LogP contribution < -0.4 is 14.8 Å². The van der Waals surface area contributed by atoms with Crippen molar-refractivity contribution in [3.63, 3.8) is 0 Å². The summed E-state index contributed by atoms with van der Waals surface area (Å²) in [7, 11) is 0. The number of anilines is 1. The number of ether oxygens (including phenoxy) is 2. The highest BCUT2D eigenvalue weighted by Gasteiger charge is 2.16. The number of carbonyl (C=O) groups excluding carboxylic acids is 1. The summed E-state index contributed by atoms with van der Waals surface area (Å²) in [4.78, 5) is 23.0. The van der Waals surface area contributed by atoms with Gasteiger partial charge in [-0.25, -0.2) is 0 Å². The van der Waals surface area contributed by atoms with Crippen molar-refractivity contribution < 1.29 is 19.2 Å². The second-order valence-electron chi connectivity index (χ2n) is 6.08. The average Bonchev–Trinajstić information content (AvgIpc) is 2.70. The van der Waals surface area contributed by atoms with Crippen molar-refractivity contribution in [3.05, 3.63) is 61.6 Å². The zero-order valence-corrected chi connectivity index (χ0v) is 18.3. The Balaban J connectivity index is 2.38. The molecule has 0 bridgehead atoms. The minimum absolute atomic E-state index is 0.157. The van der Waals surface area contributed by atoms with Crippen molar-refractivity contribution >= 4 is 39.3 Å². The first kappa shape index (κ1) is 22.9. The van der Waals surface area contributed by atoms with E-state index in [1.807, 2.05) is 19.9 Å². The minimum atomic E-state index is -0.677. The molecular weight excluding hydrogens is 454 g/mol. The standard InChI is InChI=1S/C21H20BrN3O5/c1-4-29-19-10-14(9-17(22)20(19)30-5-2)8-15(12-23)21(26)24-18-11-16(25(27)28)7-6-13(18)3/h6-11H,4-5H2,1-3H3,(H,24,26)/b15-8+. The number of hydrogen-bond acceptors (Lipinski definition) is 6. The SMILES string of the molecule is CCOc1cc(/C=C(\C#N)C(=O)Nc2cc([N+](=O)[O-])ccc2C)cc(Br)c1OCC. The van der Waals surface area contributed by atoms with Gasteiger partial charge in [0.1, 0.15) is 11.6 Å². The molecule has 9 heteroatoms. The maximum absolute atomic E-state index is 12.6. The van der Waals surface area contributed by atoms with Crippen LogP contribution in [0.1, 0.15) is 25.0 Å². The molecule has 0 aliphatic heterocycles. The number of nitro benzene ring substituents is 1. The number of non-ortho nitro benzene ring substituents is 1. The fourth-order valence-corrected chi connectivity index (χ4v) is 3.16. The molecule has 0 aliphatic carbocycles. The Hall–Kier alpha value is -3.38. The lowest BCUT2D eigenvalue weighted by atomic mass is 10.1. The van der Waals surface area contributed by atoms with Gasteiger partial charge in [-0.1, -0.05) is 6.07 Å². The molecule has 0 saturated heterocycles. The van der Waals surface area contributed by atoms with Gasteiger partial charge in [-0.15, -0.1) is 0 Å². The van der Waals surface area contributed by atoms with Crippen molar-refractivity contribution in [2.24, 2.45) is 0 Å². The summed E-state index contributed by atoms with van der Waals surface area (Å²) in [6.45, 7) is 6.25. The number of nitrogens with one attached hydrogen (secondary N) is 1. The highest BCUT2D eigenvalue weighted by Crippen LogP contribution is 2.37. The second kappa shape index (κ2) is 10.4. The molecule has 2 aromatic rings. The third-order valence-electron chi connectivity index (χ3n) is 3.98. The van der Waals surface area contributed by atoms with E-state index in [2.05, 4.69) is 21.2 Å². The van der Waals surface area contributed by atoms with Crippen LogP contribution >= 0.6 is 15.9 Å². The van der Waals surface area contributed by atoms with E-state index in [0.29, 0.717) is 40.3 Å². The van der Waals surface area contributed by atoms with Crippen molar-refractivity contribution in [3.8, 4) is 17.6 Å². The molecule has 8 nitrogen and oxygen atoms in total. The second-order valence-corrected chi connectivity index (χ2v) is 6.93. The van der Waals surface area contributed by atoms with E-state index in [-0.39, 0.29) is 16.9 Å². The maximum atomic E-state index is 12.6. The van der Waals surface area contributed by atoms with Gasteiger partial charge in [-0.05, 0) is 66.0 Å². The van der Waals surface area contributed by atoms with Crippen LogP contribution in [-0.2, 0) is 4.79 Å². The molecule has 156 valence electrons. The molecule has 0 fully saturated rings. The van der Waals surface area contributed by atoms with Crippen molar-refractivity contribution in [2.75, 3.05) is 18.5 Å². The van der Waals surface area contributed by atoms with Gasteiger partial charge in [0.15, 0.2) is 11.5 Å². The van der Waals surface area contributed by atoms with Gasteiger partial charge in [0.05, 0.1) is 28.3 Å². The predicted molar refractivity (Wildman–Crippen MR) is 117 cm³/mol. The molecule has 0 aliphatic rings. The van der Waals surface area contributed by atoms with E-state index in [4.69, 9.17) is 9.47 Å². The number of rotatable bonds is 8. The topological polar surface area (TPSA) is 114 Å². The number of nitrogens with zero attached hydrogens (tertiary/aromatic N) is 2. The van der Waals surface area contributed by atoms with Crippen LogP contribution in [0, 0.1) is 28.4 Å². The third kappa shape index (κ3) is 5.58. The molecule has 0 saturated carbocycles. The molecule has 0 heterocycles. The van der Waals surface area contributed by atoms with Crippen molar-refractivity contribution in [1.29, 1.82) is 5.26 Å². The number of aryl methyl sites for hydroxylation is 1. The van der Waals surface area contributed by atoms with Crippen LogP contribution in [0.15, 0.2) is 40.4 Å². The monoisotopic (exact) mass is 473 g/mol. The normalized spacial score (nSPS) is 10.8. The molecule has 2 rings (SSSR count). The van der Waals surface area contributed by atoms with Crippen LogP contribution in [0.2, 0.25) is 0 Å². The first-order chi connectivity index (χ1) is 14.3. The lowest BCUT2D eigenvalue weighted by molar-refractivity contribution is -0.384. The molecule has 30 heavy (non-hydrogen) atoms. The largest absolute Gasteiger partial charge is 0.490 e. The van der Waals surface area contributed by atoms with Gasteiger partial charge in [-0.3, -0.25) is 14.9 Å². The lowest BCUT2D eigenvalue weighted by Gasteiger charge is -2.13. The Morgan fingerprint density at radius 1 is 1.27 bits per heavy atom. The first-order valence-corrected chi connectivity index (χ1v) is 9.87. The Bertz CT molecular complexity index is 1040. The van der Waals surface area contributed by atoms with E-state index >= 15 is 0 Å². The third-order valence-corrected chi connectivity index (χ3v) is 4.57. The number of benzene rings is 2. The number of carbonyl (C=O) groups is 1. The van der Waals surface area contributed by atoms with E-state index in [9.17, 15) is 20.2 Å². The maximum Gasteiger partial charge on any atom is 0.271 e. The zero-order valence-electron chi connectivity index (χ0n) is 16.7. The number of halogens is 1. The highest BCUT2D eigenvalue weighted by molar-refractivity contribution is 9.10. The van der Waals surface area contributed by atoms with E-state index in [1.165, 1.54) is 24.3 Å². The molecule has 0 atom stereocenters. The predicted octanol–water partition coefficient (Wildman–Crippen LogP) is 5.01.